The van der Waals surface area contributed by atoms with Crippen molar-refractivity contribution in [1.82, 2.24) is 14.8 Å². The number of halogens is 1. The maximum atomic E-state index is 11.8. The maximum Gasteiger partial charge on any atom is 0.318 e. The molecule has 0 aliphatic carbocycles. The highest BCUT2D eigenvalue weighted by Gasteiger charge is 2.23. The van der Waals surface area contributed by atoms with E-state index < -0.39 is 5.25 Å². The molecule has 1 heterocycles. The van der Waals surface area contributed by atoms with E-state index in [0.29, 0.717) is 16.0 Å². The third kappa shape index (κ3) is 3.61. The summed E-state index contributed by atoms with van der Waals surface area (Å²) >= 11 is 7.68. The first-order chi connectivity index (χ1) is 12.5. The molecule has 0 radical (unpaired) electrons. The van der Waals surface area contributed by atoms with E-state index in [4.69, 9.17) is 16.3 Å². The van der Waals surface area contributed by atoms with E-state index in [1.54, 1.807) is 6.92 Å². The van der Waals surface area contributed by atoms with Crippen molar-refractivity contribution in [2.45, 2.75) is 24.3 Å². The number of ether oxygens (including phenoxy) is 1. The fourth-order valence-electron chi connectivity index (χ4n) is 2.57. The summed E-state index contributed by atoms with van der Waals surface area (Å²) in [5.41, 5.74) is 2.78. The fourth-order valence-corrected chi connectivity index (χ4v) is 3.67. The molecule has 26 heavy (non-hydrogen) atoms. The molecule has 0 N–H and O–H groups in total. The van der Waals surface area contributed by atoms with Gasteiger partial charge in [-0.1, -0.05) is 53.7 Å². The van der Waals surface area contributed by atoms with Gasteiger partial charge in [-0.05, 0) is 37.6 Å². The van der Waals surface area contributed by atoms with Gasteiger partial charge in [0.15, 0.2) is 11.0 Å². The lowest BCUT2D eigenvalue weighted by Gasteiger charge is -2.14. The summed E-state index contributed by atoms with van der Waals surface area (Å²) in [6.07, 6.45) is 0. The van der Waals surface area contributed by atoms with Crippen molar-refractivity contribution >= 4 is 29.3 Å². The molecule has 0 saturated carbocycles. The van der Waals surface area contributed by atoms with Gasteiger partial charge in [0.1, 0.15) is 5.25 Å². The Hall–Kier alpha value is -2.31. The van der Waals surface area contributed by atoms with Crippen LogP contribution in [0.25, 0.3) is 17.1 Å². The topological polar surface area (TPSA) is 57.0 Å². The van der Waals surface area contributed by atoms with Crippen LogP contribution in [0.1, 0.15) is 12.5 Å². The number of aryl methyl sites for hydroxylation is 1. The molecule has 2 aromatic carbocycles. The number of benzene rings is 2. The Morgan fingerprint density at radius 1 is 1.15 bits per heavy atom. The van der Waals surface area contributed by atoms with Gasteiger partial charge < -0.3 is 4.74 Å². The summed E-state index contributed by atoms with van der Waals surface area (Å²) in [5.74, 6) is 0.318. The number of hydrogen-bond acceptors (Lipinski definition) is 5. The van der Waals surface area contributed by atoms with Crippen molar-refractivity contribution in [2.24, 2.45) is 0 Å². The van der Waals surface area contributed by atoms with E-state index in [2.05, 4.69) is 10.2 Å². The summed E-state index contributed by atoms with van der Waals surface area (Å²) in [4.78, 5) is 11.8. The Morgan fingerprint density at radius 3 is 2.54 bits per heavy atom. The number of carbonyl (C=O) groups excluding carboxylic acids is 1. The lowest BCUT2D eigenvalue weighted by atomic mass is 10.1. The molecule has 3 aromatic rings. The van der Waals surface area contributed by atoms with Crippen LogP contribution in [0.4, 0.5) is 0 Å². The zero-order valence-corrected chi connectivity index (χ0v) is 16.2. The molecule has 5 nitrogen and oxygen atoms in total. The minimum atomic E-state index is -0.411. The molecule has 1 atom stereocenters. The number of nitrogens with zero attached hydrogens (tertiary/aromatic N) is 3. The van der Waals surface area contributed by atoms with Crippen LogP contribution in [0.2, 0.25) is 5.02 Å². The monoisotopic (exact) mass is 387 g/mol. The SMILES string of the molecule is COC(=O)[C@@H](C)Sc1nnc(-c2ccccc2Cl)n1-c1ccccc1C. The third-order valence-electron chi connectivity index (χ3n) is 3.92. The normalized spacial score (nSPS) is 12.0. The van der Waals surface area contributed by atoms with Crippen LogP contribution < -0.4 is 0 Å². The van der Waals surface area contributed by atoms with Crippen molar-refractivity contribution < 1.29 is 9.53 Å². The molecule has 3 rings (SSSR count). The predicted octanol–water partition coefficient (Wildman–Crippen LogP) is 4.55. The number of esters is 1. The van der Waals surface area contributed by atoms with Gasteiger partial charge in [-0.15, -0.1) is 10.2 Å². The lowest BCUT2D eigenvalue weighted by Crippen LogP contribution is -2.15. The van der Waals surface area contributed by atoms with Gasteiger partial charge in [0.05, 0.1) is 17.8 Å². The summed E-state index contributed by atoms with van der Waals surface area (Å²) in [6.45, 7) is 3.80. The number of carbonyl (C=O) groups is 1. The molecular weight excluding hydrogens is 370 g/mol. The largest absolute Gasteiger partial charge is 0.468 e. The maximum absolute atomic E-state index is 11.8. The van der Waals surface area contributed by atoms with Crippen LogP contribution in [0.3, 0.4) is 0 Å². The molecule has 0 spiro atoms. The van der Waals surface area contributed by atoms with Crippen LogP contribution in [-0.4, -0.2) is 33.1 Å². The lowest BCUT2D eigenvalue weighted by molar-refractivity contribution is -0.139. The highest BCUT2D eigenvalue weighted by atomic mass is 35.5. The first-order valence-electron chi connectivity index (χ1n) is 8.03. The third-order valence-corrected chi connectivity index (χ3v) is 5.27. The Kier molecular flexibility index (Phi) is 5.64. The summed E-state index contributed by atoms with van der Waals surface area (Å²) < 4.78 is 6.76. The van der Waals surface area contributed by atoms with E-state index in [-0.39, 0.29) is 5.97 Å². The van der Waals surface area contributed by atoms with Gasteiger partial charge in [0, 0.05) is 5.56 Å². The molecule has 0 saturated heterocycles. The predicted molar refractivity (Wildman–Crippen MR) is 104 cm³/mol. The number of aromatic nitrogens is 3. The Balaban J connectivity index is 2.17. The first-order valence-corrected chi connectivity index (χ1v) is 9.29. The Morgan fingerprint density at radius 2 is 1.85 bits per heavy atom. The van der Waals surface area contributed by atoms with Crippen LogP contribution in [-0.2, 0) is 9.53 Å². The highest BCUT2D eigenvalue weighted by Crippen LogP contribution is 2.34. The summed E-state index contributed by atoms with van der Waals surface area (Å²) in [5, 5.41) is 9.46. The molecule has 0 aliphatic rings. The summed E-state index contributed by atoms with van der Waals surface area (Å²) in [7, 11) is 1.38. The molecule has 0 amide bonds. The number of thioether (sulfide) groups is 1. The minimum absolute atomic E-state index is 0.311. The van der Waals surface area contributed by atoms with Gasteiger partial charge >= 0.3 is 5.97 Å². The van der Waals surface area contributed by atoms with Crippen molar-refractivity contribution in [1.29, 1.82) is 0 Å². The van der Waals surface area contributed by atoms with Crippen LogP contribution in [0.5, 0.6) is 0 Å². The minimum Gasteiger partial charge on any atom is -0.468 e. The molecule has 7 heteroatoms. The van der Waals surface area contributed by atoms with Crippen LogP contribution in [0, 0.1) is 6.92 Å². The zero-order chi connectivity index (χ0) is 18.7. The first kappa shape index (κ1) is 18.5. The van der Waals surface area contributed by atoms with Gasteiger partial charge in [0.2, 0.25) is 0 Å². The van der Waals surface area contributed by atoms with Gasteiger partial charge in [0.25, 0.3) is 0 Å². The number of rotatable bonds is 5. The summed E-state index contributed by atoms with van der Waals surface area (Å²) in [6, 6.07) is 15.4. The van der Waals surface area contributed by atoms with Gasteiger partial charge in [-0.3, -0.25) is 9.36 Å². The molecule has 0 aliphatic heterocycles. The quantitative estimate of drug-likeness (QED) is 0.474. The average Bonchev–Trinajstić information content (AvgIpc) is 3.04. The average molecular weight is 388 g/mol. The van der Waals surface area contributed by atoms with E-state index >= 15 is 0 Å². The Bertz CT molecular complexity index is 942. The second kappa shape index (κ2) is 7.93. The van der Waals surface area contributed by atoms with Crippen molar-refractivity contribution in [3.05, 3.63) is 59.1 Å². The number of methoxy groups -OCH3 is 1. The standard InChI is InChI=1S/C19H18ClN3O2S/c1-12-8-4-7-11-16(12)23-17(14-9-5-6-10-15(14)20)21-22-19(23)26-13(2)18(24)25-3/h4-11,13H,1-3H3/t13-/m1/s1. The van der Waals surface area contributed by atoms with E-state index in [9.17, 15) is 4.79 Å². The molecule has 0 fully saturated rings. The zero-order valence-electron chi connectivity index (χ0n) is 14.6. The van der Waals surface area contributed by atoms with E-state index in [1.165, 1.54) is 18.9 Å². The van der Waals surface area contributed by atoms with Crippen LogP contribution >= 0.6 is 23.4 Å². The molecule has 0 unspecified atom stereocenters. The van der Waals surface area contributed by atoms with Crippen LogP contribution in [0.15, 0.2) is 53.7 Å². The number of hydrogen-bond donors (Lipinski definition) is 0. The second-order valence-corrected chi connectivity index (χ2v) is 7.41. The van der Waals surface area contributed by atoms with E-state index in [1.807, 2.05) is 60.0 Å². The molecule has 1 aromatic heterocycles. The van der Waals surface area contributed by atoms with Gasteiger partial charge in [-0.2, -0.15) is 0 Å². The Labute approximate surface area is 161 Å². The molecule has 0 bridgehead atoms. The van der Waals surface area contributed by atoms with Crippen molar-refractivity contribution in [3.8, 4) is 17.1 Å². The second-order valence-electron chi connectivity index (χ2n) is 5.69. The smallest absolute Gasteiger partial charge is 0.318 e. The fraction of sp³-hybridized carbons (Fsp3) is 0.211. The molecular formula is C19H18ClN3O2S. The molecule has 134 valence electrons. The van der Waals surface area contributed by atoms with Crippen molar-refractivity contribution in [2.75, 3.05) is 7.11 Å². The highest BCUT2D eigenvalue weighted by molar-refractivity contribution is 8.00. The van der Waals surface area contributed by atoms with Gasteiger partial charge in [-0.25, -0.2) is 0 Å². The van der Waals surface area contributed by atoms with E-state index in [0.717, 1.165) is 16.8 Å². The van der Waals surface area contributed by atoms with Crippen molar-refractivity contribution in [3.63, 3.8) is 0 Å². The number of para-hydroxylation sites is 1.